The van der Waals surface area contributed by atoms with Gasteiger partial charge in [-0.15, -0.1) is 0 Å². The Morgan fingerprint density at radius 1 is 1.47 bits per heavy atom. The third-order valence-electron chi connectivity index (χ3n) is 2.01. The minimum atomic E-state index is 0.579. The van der Waals surface area contributed by atoms with Crippen molar-refractivity contribution in [2.75, 3.05) is 7.11 Å². The number of rotatable bonds is 2. The second-order valence-corrected chi connectivity index (χ2v) is 4.00. The van der Waals surface area contributed by atoms with Crippen LogP contribution in [0.1, 0.15) is 0 Å². The number of nitrogens with zero attached hydrogens (tertiary/aromatic N) is 2. The average Bonchev–Trinajstić information content (AvgIpc) is 2.64. The summed E-state index contributed by atoms with van der Waals surface area (Å²) in [7, 11) is 1.59. The highest BCUT2D eigenvalue weighted by molar-refractivity contribution is 9.10. The summed E-state index contributed by atoms with van der Waals surface area (Å²) in [6.07, 6.45) is 3.56. The van der Waals surface area contributed by atoms with E-state index in [1.54, 1.807) is 13.3 Å². The van der Waals surface area contributed by atoms with Crippen molar-refractivity contribution < 1.29 is 4.74 Å². The number of hydrogen-bond acceptors (Lipinski definition) is 2. The van der Waals surface area contributed by atoms with Gasteiger partial charge < -0.3 is 4.74 Å². The van der Waals surface area contributed by atoms with Crippen molar-refractivity contribution in [3.05, 3.63) is 40.3 Å². The lowest BCUT2D eigenvalue weighted by atomic mass is 10.3. The molecule has 78 valence electrons. The molecular formula is C10H8BrClN2O. The summed E-state index contributed by atoms with van der Waals surface area (Å²) in [4.78, 5) is 4.07. The van der Waals surface area contributed by atoms with Gasteiger partial charge in [0, 0.05) is 18.1 Å². The zero-order chi connectivity index (χ0) is 10.8. The number of hydrogen-bond donors (Lipinski definition) is 0. The van der Waals surface area contributed by atoms with E-state index in [-0.39, 0.29) is 0 Å². The van der Waals surface area contributed by atoms with Crippen LogP contribution in [0, 0.1) is 0 Å². The van der Waals surface area contributed by atoms with E-state index in [4.69, 9.17) is 16.3 Å². The normalized spacial score (nSPS) is 10.3. The Balaban J connectivity index is 2.47. The molecular weight excluding hydrogens is 279 g/mol. The van der Waals surface area contributed by atoms with Crippen LogP contribution in [0.3, 0.4) is 0 Å². The standard InChI is InChI=1S/C10H8BrClN2O/c1-15-9-3-2-7(6-8(9)12)14-5-4-13-10(14)11/h2-6H,1H3. The fourth-order valence-corrected chi connectivity index (χ4v) is 1.98. The smallest absolute Gasteiger partial charge is 0.181 e. The van der Waals surface area contributed by atoms with Crippen molar-refractivity contribution in [1.82, 2.24) is 9.55 Å². The Morgan fingerprint density at radius 2 is 2.27 bits per heavy atom. The van der Waals surface area contributed by atoms with Gasteiger partial charge in [0.05, 0.1) is 12.1 Å². The van der Waals surface area contributed by atoms with Gasteiger partial charge in [-0.3, -0.25) is 4.57 Å². The Labute approximate surface area is 101 Å². The van der Waals surface area contributed by atoms with Gasteiger partial charge in [-0.2, -0.15) is 0 Å². The molecule has 5 heteroatoms. The maximum absolute atomic E-state index is 6.02. The minimum Gasteiger partial charge on any atom is -0.495 e. The van der Waals surface area contributed by atoms with Crippen molar-refractivity contribution in [2.45, 2.75) is 0 Å². The van der Waals surface area contributed by atoms with Crippen LogP contribution in [0.4, 0.5) is 0 Å². The van der Waals surface area contributed by atoms with Crippen LogP contribution < -0.4 is 4.74 Å². The van der Waals surface area contributed by atoms with E-state index in [1.807, 2.05) is 29.0 Å². The molecule has 0 spiro atoms. The third kappa shape index (κ3) is 2.01. The fourth-order valence-electron chi connectivity index (χ4n) is 1.28. The zero-order valence-electron chi connectivity index (χ0n) is 7.95. The number of benzene rings is 1. The van der Waals surface area contributed by atoms with E-state index in [0.717, 1.165) is 10.4 Å². The highest BCUT2D eigenvalue weighted by Crippen LogP contribution is 2.27. The first-order chi connectivity index (χ1) is 7.22. The van der Waals surface area contributed by atoms with Crippen molar-refractivity contribution in [2.24, 2.45) is 0 Å². The molecule has 0 radical (unpaired) electrons. The van der Waals surface area contributed by atoms with Crippen LogP contribution in [0.5, 0.6) is 5.75 Å². The predicted molar refractivity (Wildman–Crippen MR) is 62.8 cm³/mol. The largest absolute Gasteiger partial charge is 0.495 e. The number of aromatic nitrogens is 2. The molecule has 0 aliphatic heterocycles. The fraction of sp³-hybridized carbons (Fsp3) is 0.100. The Kier molecular flexibility index (Phi) is 2.98. The lowest BCUT2D eigenvalue weighted by Crippen LogP contribution is -1.93. The van der Waals surface area contributed by atoms with Crippen molar-refractivity contribution in [3.8, 4) is 11.4 Å². The molecule has 0 aliphatic carbocycles. The lowest BCUT2D eigenvalue weighted by molar-refractivity contribution is 0.415. The van der Waals surface area contributed by atoms with Gasteiger partial charge in [-0.1, -0.05) is 11.6 Å². The van der Waals surface area contributed by atoms with E-state index < -0.39 is 0 Å². The van der Waals surface area contributed by atoms with Crippen LogP contribution in [0.15, 0.2) is 35.3 Å². The van der Waals surface area contributed by atoms with E-state index in [2.05, 4.69) is 20.9 Å². The Morgan fingerprint density at radius 3 is 2.80 bits per heavy atom. The molecule has 0 bridgehead atoms. The molecule has 0 atom stereocenters. The number of halogens is 2. The maximum atomic E-state index is 6.02. The second-order valence-electron chi connectivity index (χ2n) is 2.89. The molecule has 3 nitrogen and oxygen atoms in total. The summed E-state index contributed by atoms with van der Waals surface area (Å²) in [5, 5.41) is 0.579. The molecule has 2 aromatic rings. The van der Waals surface area contributed by atoms with Crippen LogP contribution >= 0.6 is 27.5 Å². The first-order valence-electron chi connectivity index (χ1n) is 4.25. The van der Waals surface area contributed by atoms with Crippen molar-refractivity contribution >= 4 is 27.5 Å². The molecule has 2 rings (SSSR count). The molecule has 1 aromatic heterocycles. The van der Waals surface area contributed by atoms with Crippen LogP contribution in [-0.4, -0.2) is 16.7 Å². The van der Waals surface area contributed by atoms with Gasteiger partial charge >= 0.3 is 0 Å². The van der Waals surface area contributed by atoms with Gasteiger partial charge in [-0.25, -0.2) is 4.98 Å². The molecule has 0 N–H and O–H groups in total. The quantitative estimate of drug-likeness (QED) is 0.847. The summed E-state index contributed by atoms with van der Waals surface area (Å²) < 4.78 is 7.70. The summed E-state index contributed by atoms with van der Waals surface area (Å²) in [6.45, 7) is 0. The summed E-state index contributed by atoms with van der Waals surface area (Å²) in [5.74, 6) is 0.664. The number of methoxy groups -OCH3 is 1. The van der Waals surface area contributed by atoms with Crippen molar-refractivity contribution in [3.63, 3.8) is 0 Å². The third-order valence-corrected chi connectivity index (χ3v) is 2.89. The molecule has 0 unspecified atom stereocenters. The van der Waals surface area contributed by atoms with Gasteiger partial charge in [0.1, 0.15) is 5.75 Å². The average molecular weight is 288 g/mol. The van der Waals surface area contributed by atoms with Gasteiger partial charge in [0.15, 0.2) is 4.73 Å². The number of ether oxygens (including phenoxy) is 1. The highest BCUT2D eigenvalue weighted by Gasteiger charge is 2.05. The minimum absolute atomic E-state index is 0.579. The molecule has 1 heterocycles. The lowest BCUT2D eigenvalue weighted by Gasteiger charge is -2.07. The predicted octanol–water partition coefficient (Wildman–Crippen LogP) is 3.30. The van der Waals surface area contributed by atoms with Crippen molar-refractivity contribution in [1.29, 1.82) is 0 Å². The molecule has 0 fully saturated rings. The molecule has 0 saturated heterocycles. The topological polar surface area (TPSA) is 27.1 Å². The molecule has 0 saturated carbocycles. The van der Waals surface area contributed by atoms with Crippen LogP contribution in [0.2, 0.25) is 5.02 Å². The first kappa shape index (κ1) is 10.5. The van der Waals surface area contributed by atoms with E-state index in [9.17, 15) is 0 Å². The zero-order valence-corrected chi connectivity index (χ0v) is 10.3. The second kappa shape index (κ2) is 4.24. The summed E-state index contributed by atoms with van der Waals surface area (Å²) in [5.41, 5.74) is 0.935. The van der Waals surface area contributed by atoms with Gasteiger partial charge in [-0.05, 0) is 34.1 Å². The summed E-state index contributed by atoms with van der Waals surface area (Å²) >= 11 is 9.37. The Hall–Kier alpha value is -1.00. The molecule has 0 aliphatic rings. The van der Waals surface area contributed by atoms with Gasteiger partial charge in [0.25, 0.3) is 0 Å². The van der Waals surface area contributed by atoms with E-state index in [1.165, 1.54) is 0 Å². The van der Waals surface area contributed by atoms with E-state index >= 15 is 0 Å². The highest BCUT2D eigenvalue weighted by atomic mass is 79.9. The monoisotopic (exact) mass is 286 g/mol. The SMILES string of the molecule is COc1ccc(-n2ccnc2Br)cc1Cl. The molecule has 0 amide bonds. The summed E-state index contributed by atoms with van der Waals surface area (Å²) in [6, 6.07) is 5.56. The molecule has 15 heavy (non-hydrogen) atoms. The van der Waals surface area contributed by atoms with E-state index in [0.29, 0.717) is 10.8 Å². The first-order valence-corrected chi connectivity index (χ1v) is 5.42. The maximum Gasteiger partial charge on any atom is 0.181 e. The van der Waals surface area contributed by atoms with Crippen LogP contribution in [-0.2, 0) is 0 Å². The number of imidazole rings is 1. The van der Waals surface area contributed by atoms with Gasteiger partial charge in [0.2, 0.25) is 0 Å². The molecule has 1 aromatic carbocycles. The van der Waals surface area contributed by atoms with Crippen LogP contribution in [0.25, 0.3) is 5.69 Å². The Bertz CT molecular complexity index is 484.